The van der Waals surface area contributed by atoms with Crippen LogP contribution in [0.25, 0.3) is 0 Å². The van der Waals surface area contributed by atoms with Gasteiger partial charge in [-0.2, -0.15) is 0 Å². The molecule has 0 bridgehead atoms. The van der Waals surface area contributed by atoms with E-state index < -0.39 is 0 Å². The predicted octanol–water partition coefficient (Wildman–Crippen LogP) is 2.75. The summed E-state index contributed by atoms with van der Waals surface area (Å²) in [5.74, 6) is -0.292. The lowest BCUT2D eigenvalue weighted by Gasteiger charge is -2.23. The van der Waals surface area contributed by atoms with Crippen LogP contribution >= 0.6 is 11.6 Å². The maximum atomic E-state index is 12.8. The molecular weight excluding hydrogens is 229 g/mol. The second-order valence-electron chi connectivity index (χ2n) is 4.00. The molecule has 0 aromatic heterocycles. The number of benzene rings is 1. The van der Waals surface area contributed by atoms with Crippen LogP contribution in [-0.4, -0.2) is 19.3 Å². The van der Waals surface area contributed by atoms with Gasteiger partial charge in [0.1, 0.15) is 5.82 Å². The second-order valence-corrected chi connectivity index (χ2v) is 4.41. The first-order chi connectivity index (χ1) is 7.75. The van der Waals surface area contributed by atoms with E-state index >= 15 is 0 Å². The zero-order chi connectivity index (χ0) is 11.4. The highest BCUT2D eigenvalue weighted by Gasteiger charge is 2.13. The molecule has 1 saturated heterocycles. The molecule has 1 fully saturated rings. The monoisotopic (exact) mass is 243 g/mol. The van der Waals surface area contributed by atoms with E-state index in [0.717, 1.165) is 31.6 Å². The van der Waals surface area contributed by atoms with Crippen molar-refractivity contribution in [2.45, 2.75) is 25.4 Å². The molecule has 4 heteroatoms. The van der Waals surface area contributed by atoms with E-state index in [4.69, 9.17) is 16.3 Å². The van der Waals surface area contributed by atoms with E-state index in [2.05, 4.69) is 5.32 Å². The first kappa shape index (κ1) is 11.8. The van der Waals surface area contributed by atoms with Crippen LogP contribution in [0.15, 0.2) is 18.2 Å². The molecule has 1 heterocycles. The molecule has 1 aromatic rings. The van der Waals surface area contributed by atoms with Crippen molar-refractivity contribution in [3.8, 4) is 0 Å². The third kappa shape index (κ3) is 3.17. The van der Waals surface area contributed by atoms with Crippen molar-refractivity contribution >= 4 is 11.6 Å². The smallest absolute Gasteiger partial charge is 0.124 e. The topological polar surface area (TPSA) is 21.3 Å². The van der Waals surface area contributed by atoms with Crippen LogP contribution in [0.5, 0.6) is 0 Å². The highest BCUT2D eigenvalue weighted by atomic mass is 35.5. The largest absolute Gasteiger partial charge is 0.381 e. The summed E-state index contributed by atoms with van der Waals surface area (Å²) >= 11 is 5.94. The molecule has 0 spiro atoms. The van der Waals surface area contributed by atoms with E-state index in [1.165, 1.54) is 12.1 Å². The summed E-state index contributed by atoms with van der Waals surface area (Å²) in [4.78, 5) is 0. The Balaban J connectivity index is 1.88. The quantitative estimate of drug-likeness (QED) is 0.882. The first-order valence-corrected chi connectivity index (χ1v) is 5.88. The van der Waals surface area contributed by atoms with Crippen molar-refractivity contribution in [1.82, 2.24) is 5.32 Å². The fourth-order valence-corrected chi connectivity index (χ4v) is 2.06. The summed E-state index contributed by atoms with van der Waals surface area (Å²) < 4.78 is 18.1. The van der Waals surface area contributed by atoms with E-state index in [1.54, 1.807) is 6.07 Å². The molecule has 2 nitrogen and oxygen atoms in total. The summed E-state index contributed by atoms with van der Waals surface area (Å²) in [5.41, 5.74) is 0.939. The number of hydrogen-bond acceptors (Lipinski definition) is 2. The van der Waals surface area contributed by atoms with Gasteiger partial charge in [0.15, 0.2) is 0 Å². The number of ether oxygens (including phenoxy) is 1. The van der Waals surface area contributed by atoms with Crippen molar-refractivity contribution in [3.05, 3.63) is 34.6 Å². The summed E-state index contributed by atoms with van der Waals surface area (Å²) in [5, 5.41) is 3.90. The molecule has 0 radical (unpaired) electrons. The number of hydrogen-bond donors (Lipinski definition) is 1. The average molecular weight is 244 g/mol. The van der Waals surface area contributed by atoms with Crippen LogP contribution in [0.1, 0.15) is 18.4 Å². The Morgan fingerprint density at radius 2 is 2.12 bits per heavy atom. The molecule has 0 unspecified atom stereocenters. The van der Waals surface area contributed by atoms with Crippen LogP contribution in [0.3, 0.4) is 0 Å². The molecule has 0 aliphatic carbocycles. The van der Waals surface area contributed by atoms with Gasteiger partial charge in [-0.1, -0.05) is 17.7 Å². The van der Waals surface area contributed by atoms with E-state index in [0.29, 0.717) is 17.6 Å². The number of nitrogens with one attached hydrogen (secondary N) is 1. The van der Waals surface area contributed by atoms with Crippen molar-refractivity contribution in [3.63, 3.8) is 0 Å². The summed E-state index contributed by atoms with van der Waals surface area (Å²) in [6, 6.07) is 4.99. The molecule has 1 aliphatic rings. The molecular formula is C12H15ClFNO. The second kappa shape index (κ2) is 5.62. The van der Waals surface area contributed by atoms with Crippen LogP contribution in [-0.2, 0) is 11.3 Å². The van der Waals surface area contributed by atoms with Crippen molar-refractivity contribution in [1.29, 1.82) is 0 Å². The summed E-state index contributed by atoms with van der Waals surface area (Å²) in [6.45, 7) is 2.31. The Morgan fingerprint density at radius 3 is 2.81 bits per heavy atom. The van der Waals surface area contributed by atoms with Gasteiger partial charge in [0.2, 0.25) is 0 Å². The van der Waals surface area contributed by atoms with Gasteiger partial charge in [0.25, 0.3) is 0 Å². The van der Waals surface area contributed by atoms with Crippen LogP contribution < -0.4 is 5.32 Å². The Labute approximate surface area is 99.7 Å². The molecule has 88 valence electrons. The SMILES string of the molecule is Fc1ccc(CNC2CCOCC2)c(Cl)c1. The first-order valence-electron chi connectivity index (χ1n) is 5.51. The van der Waals surface area contributed by atoms with Crippen LogP contribution in [0.4, 0.5) is 4.39 Å². The Kier molecular flexibility index (Phi) is 4.16. The highest BCUT2D eigenvalue weighted by molar-refractivity contribution is 6.31. The van der Waals surface area contributed by atoms with E-state index in [-0.39, 0.29) is 5.82 Å². The normalized spacial score (nSPS) is 17.6. The van der Waals surface area contributed by atoms with E-state index in [9.17, 15) is 4.39 Å². The molecule has 1 N–H and O–H groups in total. The zero-order valence-electron chi connectivity index (χ0n) is 9.01. The summed E-state index contributed by atoms with van der Waals surface area (Å²) in [7, 11) is 0. The highest BCUT2D eigenvalue weighted by Crippen LogP contribution is 2.17. The lowest BCUT2D eigenvalue weighted by atomic mass is 10.1. The minimum Gasteiger partial charge on any atom is -0.381 e. The van der Waals surface area contributed by atoms with Gasteiger partial charge in [0, 0.05) is 30.8 Å². The average Bonchev–Trinajstić information content (AvgIpc) is 2.29. The van der Waals surface area contributed by atoms with Gasteiger partial charge >= 0.3 is 0 Å². The minimum absolute atomic E-state index is 0.292. The lowest BCUT2D eigenvalue weighted by Crippen LogP contribution is -2.34. The predicted molar refractivity (Wildman–Crippen MR) is 62.1 cm³/mol. The van der Waals surface area contributed by atoms with Gasteiger partial charge < -0.3 is 10.1 Å². The maximum Gasteiger partial charge on any atom is 0.124 e. The number of halogens is 2. The van der Waals surface area contributed by atoms with Crippen molar-refractivity contribution in [2.24, 2.45) is 0 Å². The van der Waals surface area contributed by atoms with Crippen molar-refractivity contribution in [2.75, 3.05) is 13.2 Å². The standard InChI is InChI=1S/C12H15ClFNO/c13-12-7-10(14)2-1-9(12)8-15-11-3-5-16-6-4-11/h1-2,7,11,15H,3-6,8H2. The molecule has 16 heavy (non-hydrogen) atoms. The zero-order valence-corrected chi connectivity index (χ0v) is 9.77. The Hall–Kier alpha value is -0.640. The Bertz CT molecular complexity index is 353. The molecule has 0 saturated carbocycles. The van der Waals surface area contributed by atoms with Crippen LogP contribution in [0, 0.1) is 5.82 Å². The third-order valence-corrected chi connectivity index (χ3v) is 3.17. The van der Waals surface area contributed by atoms with Crippen LogP contribution in [0.2, 0.25) is 5.02 Å². The fourth-order valence-electron chi connectivity index (χ4n) is 1.82. The van der Waals surface area contributed by atoms with E-state index in [1.807, 2.05) is 0 Å². The van der Waals surface area contributed by atoms with Crippen molar-refractivity contribution < 1.29 is 9.13 Å². The molecule has 2 rings (SSSR count). The van der Waals surface area contributed by atoms with Gasteiger partial charge in [-0.05, 0) is 30.5 Å². The maximum absolute atomic E-state index is 12.8. The Morgan fingerprint density at radius 1 is 1.38 bits per heavy atom. The van der Waals surface area contributed by atoms with Gasteiger partial charge in [0.05, 0.1) is 0 Å². The van der Waals surface area contributed by atoms with Gasteiger partial charge in [-0.25, -0.2) is 4.39 Å². The molecule has 0 atom stereocenters. The molecule has 1 aliphatic heterocycles. The van der Waals surface area contributed by atoms with Gasteiger partial charge in [-0.3, -0.25) is 0 Å². The third-order valence-electron chi connectivity index (χ3n) is 2.82. The van der Waals surface area contributed by atoms with Gasteiger partial charge in [-0.15, -0.1) is 0 Å². The number of rotatable bonds is 3. The summed E-state index contributed by atoms with van der Waals surface area (Å²) in [6.07, 6.45) is 2.05. The lowest BCUT2D eigenvalue weighted by molar-refractivity contribution is 0.0776. The molecule has 1 aromatic carbocycles. The fraction of sp³-hybridized carbons (Fsp3) is 0.500. The minimum atomic E-state index is -0.292. The molecule has 0 amide bonds.